The van der Waals surface area contributed by atoms with Gasteiger partial charge in [-0.1, -0.05) is 11.6 Å². The SMILES string of the molecule is C[n+]1ccc(NC(=O)c2cnc(-c3c(-c4ccc(F)cc4)ncn3C(F)(F)F)[nH]2)c(Cl)c1. The largest absolute Gasteiger partial charge is 0.490 e. The molecule has 0 aliphatic carbocycles. The van der Waals surface area contributed by atoms with Crippen LogP contribution >= 0.6 is 11.6 Å². The van der Waals surface area contributed by atoms with E-state index in [-0.39, 0.29) is 32.4 Å². The first-order valence-electron chi connectivity index (χ1n) is 9.05. The Labute approximate surface area is 183 Å². The maximum atomic E-state index is 13.6. The van der Waals surface area contributed by atoms with Gasteiger partial charge in [-0.3, -0.25) is 4.79 Å². The van der Waals surface area contributed by atoms with Crippen molar-refractivity contribution in [1.29, 1.82) is 0 Å². The van der Waals surface area contributed by atoms with Crippen molar-refractivity contribution >= 4 is 23.2 Å². The van der Waals surface area contributed by atoms with Crippen LogP contribution in [0.4, 0.5) is 23.2 Å². The molecule has 4 aromatic rings. The molecule has 3 aromatic heterocycles. The Bertz CT molecular complexity index is 1300. The van der Waals surface area contributed by atoms with Crippen LogP contribution in [0.2, 0.25) is 5.02 Å². The fourth-order valence-electron chi connectivity index (χ4n) is 3.00. The molecule has 1 amide bonds. The lowest BCUT2D eigenvalue weighted by atomic mass is 10.1. The van der Waals surface area contributed by atoms with E-state index < -0.39 is 23.7 Å². The van der Waals surface area contributed by atoms with Crippen LogP contribution < -0.4 is 9.88 Å². The third-order valence-corrected chi connectivity index (χ3v) is 4.80. The summed E-state index contributed by atoms with van der Waals surface area (Å²) in [6.45, 7) is 0. The summed E-state index contributed by atoms with van der Waals surface area (Å²) in [5, 5.41) is 2.84. The third kappa shape index (κ3) is 4.19. The second kappa shape index (κ2) is 8.08. The summed E-state index contributed by atoms with van der Waals surface area (Å²) < 4.78 is 55.7. The number of halogens is 5. The van der Waals surface area contributed by atoms with Gasteiger partial charge in [0.2, 0.25) is 0 Å². The van der Waals surface area contributed by atoms with Gasteiger partial charge >= 0.3 is 6.30 Å². The van der Waals surface area contributed by atoms with Crippen LogP contribution in [0.1, 0.15) is 10.5 Å². The Hall–Kier alpha value is -3.73. The Morgan fingerprint density at radius 3 is 2.56 bits per heavy atom. The highest BCUT2D eigenvalue weighted by atomic mass is 35.5. The molecule has 2 N–H and O–H groups in total. The van der Waals surface area contributed by atoms with Crippen molar-refractivity contribution in [1.82, 2.24) is 19.5 Å². The summed E-state index contributed by atoms with van der Waals surface area (Å²) in [4.78, 5) is 23.0. The first-order chi connectivity index (χ1) is 15.1. The molecule has 32 heavy (non-hydrogen) atoms. The van der Waals surface area contributed by atoms with Gasteiger partial charge in [0.25, 0.3) is 5.91 Å². The number of carbonyl (C=O) groups is 1. The molecule has 0 saturated carbocycles. The second-order valence-corrected chi connectivity index (χ2v) is 7.17. The maximum absolute atomic E-state index is 13.6. The summed E-state index contributed by atoms with van der Waals surface area (Å²) in [5.41, 5.74) is -0.0339. The predicted molar refractivity (Wildman–Crippen MR) is 107 cm³/mol. The molecule has 0 radical (unpaired) electrons. The van der Waals surface area contributed by atoms with Gasteiger partial charge < -0.3 is 10.3 Å². The van der Waals surface area contributed by atoms with Gasteiger partial charge in [-0.05, 0) is 24.3 Å². The van der Waals surface area contributed by atoms with Crippen LogP contribution in [0.25, 0.3) is 22.8 Å². The van der Waals surface area contributed by atoms with Gasteiger partial charge in [0.15, 0.2) is 18.2 Å². The van der Waals surface area contributed by atoms with Crippen molar-refractivity contribution in [2.24, 2.45) is 7.05 Å². The van der Waals surface area contributed by atoms with Gasteiger partial charge in [0.1, 0.15) is 35.6 Å². The van der Waals surface area contributed by atoms with Gasteiger partial charge in [0.05, 0.1) is 17.6 Å². The van der Waals surface area contributed by atoms with Crippen LogP contribution in [0, 0.1) is 5.82 Å². The van der Waals surface area contributed by atoms with E-state index in [4.69, 9.17) is 11.6 Å². The Kier molecular flexibility index (Phi) is 5.43. The van der Waals surface area contributed by atoms with Gasteiger partial charge in [-0.25, -0.2) is 23.5 Å². The number of alkyl halides is 3. The third-order valence-electron chi connectivity index (χ3n) is 4.50. The number of H-pyrrole nitrogens is 1. The van der Waals surface area contributed by atoms with Crippen molar-refractivity contribution < 1.29 is 26.9 Å². The fraction of sp³-hybridized carbons (Fsp3) is 0.100. The van der Waals surface area contributed by atoms with E-state index >= 15 is 0 Å². The average molecular weight is 466 g/mol. The number of anilines is 1. The Morgan fingerprint density at radius 2 is 1.91 bits per heavy atom. The van der Waals surface area contributed by atoms with Gasteiger partial charge in [-0.2, -0.15) is 0 Å². The zero-order valence-electron chi connectivity index (χ0n) is 16.3. The molecular weight excluding hydrogens is 452 g/mol. The molecule has 0 aliphatic rings. The molecule has 0 atom stereocenters. The molecule has 4 rings (SSSR count). The number of nitrogens with zero attached hydrogens (tertiary/aromatic N) is 4. The van der Waals surface area contributed by atoms with Crippen LogP contribution in [-0.2, 0) is 13.3 Å². The lowest BCUT2D eigenvalue weighted by Gasteiger charge is -2.11. The van der Waals surface area contributed by atoms with Crippen LogP contribution in [-0.4, -0.2) is 25.4 Å². The number of nitrogens with one attached hydrogen (secondary N) is 2. The highest BCUT2D eigenvalue weighted by molar-refractivity contribution is 6.33. The molecule has 7 nitrogen and oxygen atoms in total. The number of aromatic amines is 1. The quantitative estimate of drug-likeness (QED) is 0.349. The minimum Gasteiger partial charge on any atom is -0.333 e. The molecular formula is C20H14ClF4N6O+. The standard InChI is InChI=1S/C20H13ClF4N6O/c1-30-7-6-14(13(21)9-30)29-19(32)15-8-26-18(28-15)17-16(11-2-4-12(22)5-3-11)27-10-31(17)20(23,24)25/h2-10H,1H3,(H,26,28,32)/p+1. The zero-order chi connectivity index (χ0) is 23.0. The zero-order valence-corrected chi connectivity index (χ0v) is 17.0. The maximum Gasteiger partial charge on any atom is 0.490 e. The van der Waals surface area contributed by atoms with Crippen LogP contribution in [0.3, 0.4) is 0 Å². The van der Waals surface area contributed by atoms with Gasteiger partial charge in [-0.15, -0.1) is 13.2 Å². The highest BCUT2D eigenvalue weighted by Crippen LogP contribution is 2.35. The van der Waals surface area contributed by atoms with Crippen molar-refractivity contribution in [3.05, 3.63) is 71.8 Å². The van der Waals surface area contributed by atoms with Crippen molar-refractivity contribution in [3.8, 4) is 22.8 Å². The Morgan fingerprint density at radius 1 is 1.19 bits per heavy atom. The number of benzene rings is 1. The molecule has 3 heterocycles. The number of imidazole rings is 2. The number of rotatable bonds is 4. The summed E-state index contributed by atoms with van der Waals surface area (Å²) in [7, 11) is 1.75. The number of amides is 1. The molecule has 0 saturated heterocycles. The van der Waals surface area contributed by atoms with E-state index in [1.165, 1.54) is 12.1 Å². The smallest absolute Gasteiger partial charge is 0.333 e. The normalized spacial score (nSPS) is 11.6. The lowest BCUT2D eigenvalue weighted by Crippen LogP contribution is -2.27. The molecule has 0 spiro atoms. The van der Waals surface area contributed by atoms with Crippen molar-refractivity contribution in [2.75, 3.05) is 5.32 Å². The van der Waals surface area contributed by atoms with Crippen molar-refractivity contribution in [3.63, 3.8) is 0 Å². The highest BCUT2D eigenvalue weighted by Gasteiger charge is 2.36. The first-order valence-corrected chi connectivity index (χ1v) is 9.43. The topological polar surface area (TPSA) is 79.5 Å². The minimum atomic E-state index is -4.80. The number of aryl methyl sites for hydroxylation is 1. The summed E-state index contributed by atoms with van der Waals surface area (Å²) in [6.07, 6.45) is 0.135. The molecule has 1 aromatic carbocycles. The van der Waals surface area contributed by atoms with Crippen molar-refractivity contribution in [2.45, 2.75) is 6.30 Å². The molecule has 0 fully saturated rings. The number of pyridine rings is 1. The van der Waals surface area contributed by atoms with E-state index in [0.717, 1.165) is 18.3 Å². The summed E-state index contributed by atoms with van der Waals surface area (Å²) >= 11 is 6.09. The molecule has 0 aliphatic heterocycles. The van der Waals surface area contributed by atoms with E-state index in [9.17, 15) is 22.4 Å². The molecule has 164 valence electrons. The molecule has 12 heteroatoms. The first kappa shape index (κ1) is 21.5. The minimum absolute atomic E-state index is 0.0275. The number of hydrogen-bond donors (Lipinski definition) is 2. The van der Waals surface area contributed by atoms with Gasteiger partial charge in [0, 0.05) is 11.6 Å². The second-order valence-electron chi connectivity index (χ2n) is 6.76. The lowest BCUT2D eigenvalue weighted by molar-refractivity contribution is -0.671. The number of carbonyl (C=O) groups excluding carboxylic acids is 1. The Balaban J connectivity index is 1.72. The van der Waals surface area contributed by atoms with E-state index in [2.05, 4.69) is 20.3 Å². The van der Waals surface area contributed by atoms with Crippen LogP contribution in [0.15, 0.2) is 55.2 Å². The van der Waals surface area contributed by atoms with E-state index in [1.54, 1.807) is 30.1 Å². The van der Waals surface area contributed by atoms with E-state index in [1.807, 2.05) is 0 Å². The number of hydrogen-bond acceptors (Lipinski definition) is 3. The summed E-state index contributed by atoms with van der Waals surface area (Å²) in [5.74, 6) is -1.44. The average Bonchev–Trinajstić information content (AvgIpc) is 3.37. The predicted octanol–water partition coefficient (Wildman–Crippen LogP) is 4.29. The van der Waals surface area contributed by atoms with Crippen LogP contribution in [0.5, 0.6) is 0 Å². The molecule has 0 bridgehead atoms. The summed E-state index contributed by atoms with van der Waals surface area (Å²) in [6, 6.07) is 6.39. The molecule has 0 unspecified atom stereocenters. The van der Waals surface area contributed by atoms with E-state index in [0.29, 0.717) is 12.0 Å². The fourth-order valence-corrected chi connectivity index (χ4v) is 3.26. The monoisotopic (exact) mass is 465 g/mol. The number of aromatic nitrogens is 5.